The molecule has 4 rings (SSSR count). The van der Waals surface area contributed by atoms with Gasteiger partial charge < -0.3 is 9.80 Å². The number of piperidine rings is 2. The number of amides is 1. The van der Waals surface area contributed by atoms with E-state index in [1.54, 1.807) is 12.1 Å². The lowest BCUT2D eigenvalue weighted by molar-refractivity contribution is -0.140. The average Bonchev–Trinajstić information content (AvgIpc) is 2.99. The lowest BCUT2D eigenvalue weighted by Crippen LogP contribution is -2.49. The van der Waals surface area contributed by atoms with Crippen molar-refractivity contribution in [1.82, 2.24) is 9.80 Å². The van der Waals surface area contributed by atoms with Crippen LogP contribution in [-0.4, -0.2) is 55.6 Å². The summed E-state index contributed by atoms with van der Waals surface area (Å²) in [5, 5.41) is 0. The molecular formula is C20H27N3O3S. The van der Waals surface area contributed by atoms with Crippen LogP contribution < -0.4 is 0 Å². The number of rotatable bonds is 2. The molecule has 3 aliphatic rings. The highest BCUT2D eigenvalue weighted by atomic mass is 32.2. The molecule has 3 aliphatic heterocycles. The number of amidine groups is 1. The number of likely N-dealkylation sites (tertiary alicyclic amines) is 2. The van der Waals surface area contributed by atoms with Crippen molar-refractivity contribution in [3.05, 3.63) is 29.8 Å². The van der Waals surface area contributed by atoms with E-state index in [-0.39, 0.29) is 10.8 Å². The van der Waals surface area contributed by atoms with Gasteiger partial charge in [0.1, 0.15) is 4.90 Å². The van der Waals surface area contributed by atoms with E-state index in [1.165, 1.54) is 6.42 Å². The number of carbonyl (C=O) groups is 1. The number of fused-ring (bicyclic) bond motifs is 1. The molecule has 7 heteroatoms. The third kappa shape index (κ3) is 3.37. The molecule has 3 heterocycles. The fourth-order valence-corrected chi connectivity index (χ4v) is 5.83. The van der Waals surface area contributed by atoms with E-state index in [4.69, 9.17) is 0 Å². The second-order valence-corrected chi connectivity index (χ2v) is 9.31. The van der Waals surface area contributed by atoms with Crippen molar-refractivity contribution < 1.29 is 13.2 Å². The zero-order valence-corrected chi connectivity index (χ0v) is 16.6. The van der Waals surface area contributed by atoms with Crippen LogP contribution in [-0.2, 0) is 14.8 Å². The highest BCUT2D eigenvalue weighted by Crippen LogP contribution is 2.31. The SMILES string of the molecule is CC[C@@H]1CCCCN1C(=O)C1CCN(C2=NS(=O)(=O)c3ccccc32)CC1. The number of sulfonamides is 1. The molecule has 0 aliphatic carbocycles. The van der Waals surface area contributed by atoms with Gasteiger partial charge in [0.25, 0.3) is 10.0 Å². The maximum Gasteiger partial charge on any atom is 0.285 e. The summed E-state index contributed by atoms with van der Waals surface area (Å²) >= 11 is 0. The van der Waals surface area contributed by atoms with Crippen LogP contribution in [0.2, 0.25) is 0 Å². The van der Waals surface area contributed by atoms with E-state index >= 15 is 0 Å². The Labute approximate surface area is 161 Å². The molecule has 6 nitrogen and oxygen atoms in total. The Hall–Kier alpha value is -1.89. The summed E-state index contributed by atoms with van der Waals surface area (Å²) in [7, 11) is -3.59. The zero-order valence-electron chi connectivity index (χ0n) is 15.8. The van der Waals surface area contributed by atoms with E-state index in [9.17, 15) is 13.2 Å². The van der Waals surface area contributed by atoms with Gasteiger partial charge in [-0.2, -0.15) is 8.42 Å². The quantitative estimate of drug-likeness (QED) is 0.780. The minimum Gasteiger partial charge on any atom is -0.355 e. The first kappa shape index (κ1) is 18.5. The Kier molecular flexibility index (Phi) is 4.97. The third-order valence-corrected chi connectivity index (χ3v) is 7.46. The van der Waals surface area contributed by atoms with Gasteiger partial charge in [0.15, 0.2) is 5.84 Å². The molecule has 0 bridgehead atoms. The van der Waals surface area contributed by atoms with Gasteiger partial charge in [-0.3, -0.25) is 4.79 Å². The van der Waals surface area contributed by atoms with E-state index in [1.807, 2.05) is 17.0 Å². The summed E-state index contributed by atoms with van der Waals surface area (Å²) in [6.45, 7) is 4.39. The zero-order chi connectivity index (χ0) is 19.0. The Bertz CT molecular complexity index is 857. The van der Waals surface area contributed by atoms with Crippen LogP contribution in [0.4, 0.5) is 0 Å². The van der Waals surface area contributed by atoms with Crippen LogP contribution in [0.3, 0.4) is 0 Å². The highest BCUT2D eigenvalue weighted by molar-refractivity contribution is 7.90. The molecule has 0 unspecified atom stereocenters. The first-order valence-electron chi connectivity index (χ1n) is 10.0. The number of hydrogen-bond acceptors (Lipinski definition) is 4. The minimum absolute atomic E-state index is 0.0438. The molecule has 1 amide bonds. The van der Waals surface area contributed by atoms with E-state index in [0.717, 1.165) is 38.6 Å². The smallest absolute Gasteiger partial charge is 0.285 e. The van der Waals surface area contributed by atoms with Crippen molar-refractivity contribution in [2.24, 2.45) is 10.3 Å². The lowest BCUT2D eigenvalue weighted by atomic mass is 9.91. The van der Waals surface area contributed by atoms with Crippen LogP contribution in [0.5, 0.6) is 0 Å². The molecule has 2 saturated heterocycles. The second-order valence-electron chi connectivity index (χ2n) is 7.74. The molecule has 0 aromatic heterocycles. The van der Waals surface area contributed by atoms with Gasteiger partial charge in [-0.25, -0.2) is 0 Å². The van der Waals surface area contributed by atoms with E-state index in [2.05, 4.69) is 16.2 Å². The summed E-state index contributed by atoms with van der Waals surface area (Å²) in [5.74, 6) is 0.880. The van der Waals surface area contributed by atoms with Gasteiger partial charge in [0.05, 0.1) is 0 Å². The van der Waals surface area contributed by atoms with Crippen molar-refractivity contribution >= 4 is 21.8 Å². The van der Waals surface area contributed by atoms with Crippen LogP contribution >= 0.6 is 0 Å². The molecule has 1 atom stereocenters. The lowest BCUT2D eigenvalue weighted by Gasteiger charge is -2.40. The summed E-state index contributed by atoms with van der Waals surface area (Å²) in [6.07, 6.45) is 5.98. The van der Waals surface area contributed by atoms with Crippen LogP contribution in [0.1, 0.15) is 51.0 Å². The summed E-state index contributed by atoms with van der Waals surface area (Å²) in [6, 6.07) is 7.38. The first-order chi connectivity index (χ1) is 13.0. The van der Waals surface area contributed by atoms with Crippen LogP contribution in [0.25, 0.3) is 0 Å². The van der Waals surface area contributed by atoms with Gasteiger partial charge in [0, 0.05) is 37.2 Å². The van der Waals surface area contributed by atoms with E-state index in [0.29, 0.717) is 36.4 Å². The van der Waals surface area contributed by atoms with Gasteiger partial charge >= 0.3 is 0 Å². The maximum absolute atomic E-state index is 13.0. The van der Waals surface area contributed by atoms with Crippen molar-refractivity contribution in [2.75, 3.05) is 19.6 Å². The maximum atomic E-state index is 13.0. The number of carbonyl (C=O) groups excluding carboxylic acids is 1. The van der Waals surface area contributed by atoms with Gasteiger partial charge in [-0.15, -0.1) is 4.40 Å². The van der Waals surface area contributed by atoms with Gasteiger partial charge in [0.2, 0.25) is 5.91 Å². The van der Waals surface area contributed by atoms with Gasteiger partial charge in [-0.1, -0.05) is 19.1 Å². The molecule has 0 spiro atoms. The molecule has 0 N–H and O–H groups in total. The van der Waals surface area contributed by atoms with Crippen molar-refractivity contribution in [2.45, 2.75) is 56.4 Å². The van der Waals surface area contributed by atoms with Crippen molar-refractivity contribution in [3.8, 4) is 0 Å². The normalized spacial score (nSPS) is 25.2. The summed E-state index contributed by atoms with van der Waals surface area (Å²) in [4.78, 5) is 17.5. The molecule has 27 heavy (non-hydrogen) atoms. The Morgan fingerprint density at radius 1 is 1.11 bits per heavy atom. The third-order valence-electron chi connectivity index (χ3n) is 6.14. The fraction of sp³-hybridized carbons (Fsp3) is 0.600. The highest BCUT2D eigenvalue weighted by Gasteiger charge is 2.36. The standard InChI is InChI=1S/C20H27N3O3S/c1-2-16-7-5-6-12-23(16)20(24)15-10-13-22(14-11-15)19-17-8-3-4-9-18(17)27(25,26)21-19/h3-4,8-9,15-16H,2,5-7,10-14H2,1H3/t16-/m1/s1. The molecule has 1 aromatic carbocycles. The van der Waals surface area contributed by atoms with Crippen molar-refractivity contribution in [3.63, 3.8) is 0 Å². The minimum atomic E-state index is -3.59. The molecule has 2 fully saturated rings. The predicted molar refractivity (Wildman–Crippen MR) is 104 cm³/mol. The molecule has 146 valence electrons. The largest absolute Gasteiger partial charge is 0.355 e. The van der Waals surface area contributed by atoms with Crippen LogP contribution in [0.15, 0.2) is 33.6 Å². The molecule has 0 saturated carbocycles. The molecular weight excluding hydrogens is 362 g/mol. The Morgan fingerprint density at radius 3 is 2.59 bits per heavy atom. The topological polar surface area (TPSA) is 70.1 Å². The van der Waals surface area contributed by atoms with Gasteiger partial charge in [-0.05, 0) is 50.7 Å². The van der Waals surface area contributed by atoms with Crippen molar-refractivity contribution in [1.29, 1.82) is 0 Å². The number of benzene rings is 1. The molecule has 0 radical (unpaired) electrons. The fourth-order valence-electron chi connectivity index (χ4n) is 4.60. The Balaban J connectivity index is 1.45. The summed E-state index contributed by atoms with van der Waals surface area (Å²) < 4.78 is 28.6. The first-order valence-corrected chi connectivity index (χ1v) is 11.4. The summed E-state index contributed by atoms with van der Waals surface area (Å²) in [5.41, 5.74) is 0.685. The second kappa shape index (κ2) is 7.26. The molecule has 1 aromatic rings. The Morgan fingerprint density at radius 2 is 1.85 bits per heavy atom. The monoisotopic (exact) mass is 389 g/mol. The van der Waals surface area contributed by atoms with E-state index < -0.39 is 10.0 Å². The van der Waals surface area contributed by atoms with Crippen LogP contribution in [0, 0.1) is 5.92 Å². The number of nitrogens with zero attached hydrogens (tertiary/aromatic N) is 3. The predicted octanol–water partition coefficient (Wildman–Crippen LogP) is 2.64. The average molecular weight is 390 g/mol. The number of hydrogen-bond donors (Lipinski definition) is 0.